The van der Waals surface area contributed by atoms with Gasteiger partial charge < -0.3 is 33.5 Å². The van der Waals surface area contributed by atoms with Crippen LogP contribution in [0, 0.1) is 0 Å². The number of aromatic nitrogens is 1. The lowest BCUT2D eigenvalue weighted by molar-refractivity contribution is -0.141. The molecular weight excluding hydrogens is 588 g/mol. The highest BCUT2D eigenvalue weighted by atomic mass is 16.5. The molecule has 0 bridgehead atoms. The van der Waals surface area contributed by atoms with E-state index in [1.54, 1.807) is 14.0 Å². The number of likely N-dealkylation sites (N-methyl/N-ethyl adjacent to an activating group) is 1. The Morgan fingerprint density at radius 1 is 1.00 bits per heavy atom. The van der Waals surface area contributed by atoms with Crippen LogP contribution in [0.1, 0.15) is 58.1 Å². The van der Waals surface area contributed by atoms with Gasteiger partial charge in [0.15, 0.2) is 0 Å². The average molecular weight is 643 g/mol. The lowest BCUT2D eigenvalue weighted by Gasteiger charge is -2.39. The Hall–Kier alpha value is -3.32. The van der Waals surface area contributed by atoms with Gasteiger partial charge in [-0.25, -0.2) is 5.01 Å². The minimum atomic E-state index is -0.540. The number of nitrogens with one attached hydrogen (secondary N) is 1. The Morgan fingerprint density at radius 2 is 1.67 bits per heavy atom. The number of benzene rings is 1. The van der Waals surface area contributed by atoms with Gasteiger partial charge >= 0.3 is 0 Å². The zero-order chi connectivity index (χ0) is 33.5. The highest BCUT2D eigenvalue weighted by molar-refractivity contribution is 5.85. The smallest absolute Gasteiger partial charge is 0.224 e. The lowest BCUT2D eigenvalue weighted by Crippen LogP contribution is -2.50. The molecule has 2 heterocycles. The fourth-order valence-corrected chi connectivity index (χ4v) is 5.77. The molecule has 3 amide bonds. The number of carbonyl (C=O) groups is 4. The molecule has 1 saturated heterocycles. The minimum Gasteiger partial charge on any atom is -0.379 e. The highest BCUT2D eigenvalue weighted by Gasteiger charge is 2.30. The fraction of sp³-hybridized carbons (Fsp3) is 0.647. The van der Waals surface area contributed by atoms with Crippen LogP contribution >= 0.6 is 0 Å². The number of aldehydes is 1. The maximum atomic E-state index is 13.4. The van der Waals surface area contributed by atoms with Gasteiger partial charge in [0.05, 0.1) is 32.4 Å². The van der Waals surface area contributed by atoms with Crippen LogP contribution in [-0.4, -0.2) is 128 Å². The second-order valence-corrected chi connectivity index (χ2v) is 12.0. The van der Waals surface area contributed by atoms with Crippen molar-refractivity contribution >= 4 is 34.9 Å². The van der Waals surface area contributed by atoms with Crippen LogP contribution in [0.2, 0.25) is 0 Å². The summed E-state index contributed by atoms with van der Waals surface area (Å²) in [5.41, 5.74) is 5.41. The van der Waals surface area contributed by atoms with Crippen molar-refractivity contribution in [3.63, 3.8) is 0 Å². The van der Waals surface area contributed by atoms with E-state index in [1.165, 1.54) is 4.90 Å². The van der Waals surface area contributed by atoms with E-state index in [1.807, 2.05) is 41.0 Å². The Labute approximate surface area is 273 Å². The van der Waals surface area contributed by atoms with Gasteiger partial charge in [-0.15, -0.1) is 0 Å². The van der Waals surface area contributed by atoms with Crippen molar-refractivity contribution in [2.24, 2.45) is 0 Å². The number of carbonyl (C=O) groups excluding carboxylic acids is 4. The molecule has 1 N–H and O–H groups in total. The molecule has 3 rings (SSSR count). The van der Waals surface area contributed by atoms with Gasteiger partial charge in [-0.05, 0) is 50.8 Å². The van der Waals surface area contributed by atoms with Gasteiger partial charge in [0.2, 0.25) is 17.7 Å². The van der Waals surface area contributed by atoms with E-state index in [0.29, 0.717) is 84.7 Å². The molecule has 0 spiro atoms. The molecule has 1 aromatic carbocycles. The number of piperidine rings is 1. The molecule has 1 aliphatic rings. The fourth-order valence-electron chi connectivity index (χ4n) is 5.77. The van der Waals surface area contributed by atoms with Gasteiger partial charge in [-0.2, -0.15) is 0 Å². The Bertz CT molecular complexity index is 1260. The van der Waals surface area contributed by atoms with Crippen molar-refractivity contribution in [2.45, 2.75) is 77.5 Å². The molecule has 1 unspecified atom stereocenters. The summed E-state index contributed by atoms with van der Waals surface area (Å²) in [6.07, 6.45) is 3.48. The number of ether oxygens (including phenoxy) is 2. The van der Waals surface area contributed by atoms with Crippen molar-refractivity contribution in [3.05, 3.63) is 36.0 Å². The predicted octanol–water partition coefficient (Wildman–Crippen LogP) is 2.69. The predicted molar refractivity (Wildman–Crippen MR) is 178 cm³/mol. The summed E-state index contributed by atoms with van der Waals surface area (Å²) < 4.78 is 13.5. The number of rotatable bonds is 20. The van der Waals surface area contributed by atoms with Crippen molar-refractivity contribution in [3.8, 4) is 0 Å². The Kier molecular flexibility index (Phi) is 15.6. The number of fused-ring (bicyclic) bond motifs is 1. The van der Waals surface area contributed by atoms with E-state index < -0.39 is 6.04 Å². The Balaban J connectivity index is 1.58. The standard InChI is InChI=1S/C34H54N6O6/c1-6-20-45-22-23-46-21-19-40(34(44)12-11-32(42)37(5)27(2)26-41)29-13-16-38(17-14-29)33(43)15-18-39-30(25-36(4)35-3)24-28-9-7-8-10-31(28)39/h7-10,24,26-27,29,35H,6,11-23,25H2,1-5H3. The summed E-state index contributed by atoms with van der Waals surface area (Å²) in [5, 5.41) is 3.17. The number of nitrogens with zero attached hydrogens (tertiary/aromatic N) is 5. The zero-order valence-corrected chi connectivity index (χ0v) is 28.4. The van der Waals surface area contributed by atoms with Crippen LogP contribution in [-0.2, 0) is 41.7 Å². The molecule has 256 valence electrons. The largest absolute Gasteiger partial charge is 0.379 e. The van der Waals surface area contributed by atoms with Crippen LogP contribution in [0.15, 0.2) is 30.3 Å². The average Bonchev–Trinajstić information content (AvgIpc) is 3.42. The summed E-state index contributed by atoms with van der Waals surface area (Å²) in [7, 11) is 5.45. The van der Waals surface area contributed by atoms with Gasteiger partial charge in [-0.1, -0.05) is 25.1 Å². The first-order valence-corrected chi connectivity index (χ1v) is 16.6. The summed E-state index contributed by atoms with van der Waals surface area (Å²) in [6, 6.07) is 9.84. The summed E-state index contributed by atoms with van der Waals surface area (Å²) in [6.45, 7) is 8.56. The highest BCUT2D eigenvalue weighted by Crippen LogP contribution is 2.23. The molecule has 1 aliphatic heterocycles. The molecule has 0 saturated carbocycles. The minimum absolute atomic E-state index is 0.0350. The lowest BCUT2D eigenvalue weighted by atomic mass is 10.0. The summed E-state index contributed by atoms with van der Waals surface area (Å²) in [4.78, 5) is 55.6. The number of likely N-dealkylation sites (tertiary alicyclic amines) is 1. The molecule has 46 heavy (non-hydrogen) atoms. The van der Waals surface area contributed by atoms with Crippen molar-refractivity contribution in [2.75, 3.05) is 67.2 Å². The SMILES string of the molecule is CCCOCCOCCN(C(=O)CCC(=O)N(C)C(C)C=O)C1CCN(C(=O)CCn2c(CN(C)NC)cc3ccccc32)CC1. The molecular formula is C34H54N6O6. The van der Waals surface area contributed by atoms with Gasteiger partial charge in [0, 0.05) is 83.4 Å². The molecule has 1 atom stereocenters. The summed E-state index contributed by atoms with van der Waals surface area (Å²) >= 11 is 0. The van der Waals surface area contributed by atoms with E-state index in [4.69, 9.17) is 9.47 Å². The molecule has 0 radical (unpaired) electrons. The van der Waals surface area contributed by atoms with Crippen molar-refractivity contribution < 1.29 is 28.7 Å². The van der Waals surface area contributed by atoms with Gasteiger partial charge in [-0.3, -0.25) is 19.8 Å². The first-order valence-electron chi connectivity index (χ1n) is 16.6. The van der Waals surface area contributed by atoms with Crippen LogP contribution in [0.25, 0.3) is 10.9 Å². The summed E-state index contributed by atoms with van der Waals surface area (Å²) in [5.74, 6) is -0.251. The number of amides is 3. The van der Waals surface area contributed by atoms with Gasteiger partial charge in [0.1, 0.15) is 6.29 Å². The van der Waals surface area contributed by atoms with E-state index >= 15 is 0 Å². The van der Waals surface area contributed by atoms with Crippen LogP contribution in [0.5, 0.6) is 0 Å². The quantitative estimate of drug-likeness (QED) is 0.133. The third-order valence-corrected chi connectivity index (χ3v) is 8.76. The van der Waals surface area contributed by atoms with E-state index in [0.717, 1.165) is 23.0 Å². The normalized spacial score (nSPS) is 14.5. The molecule has 0 aliphatic carbocycles. The monoisotopic (exact) mass is 642 g/mol. The second kappa shape index (κ2) is 19.4. The second-order valence-electron chi connectivity index (χ2n) is 12.0. The first kappa shape index (κ1) is 37.1. The van der Waals surface area contributed by atoms with E-state index in [-0.39, 0.29) is 36.6 Å². The van der Waals surface area contributed by atoms with E-state index in [9.17, 15) is 19.2 Å². The molecule has 1 aromatic heterocycles. The molecule has 12 heteroatoms. The maximum Gasteiger partial charge on any atom is 0.224 e. The van der Waals surface area contributed by atoms with Crippen LogP contribution < -0.4 is 5.43 Å². The zero-order valence-electron chi connectivity index (χ0n) is 28.4. The number of hydrazine groups is 1. The topological polar surface area (TPSA) is 117 Å². The molecule has 2 aromatic rings. The van der Waals surface area contributed by atoms with Gasteiger partial charge in [0.25, 0.3) is 0 Å². The third-order valence-electron chi connectivity index (χ3n) is 8.76. The maximum absolute atomic E-state index is 13.4. The molecule has 1 fully saturated rings. The molecule has 12 nitrogen and oxygen atoms in total. The first-order chi connectivity index (χ1) is 22.2. The Morgan fingerprint density at radius 3 is 2.35 bits per heavy atom. The number of para-hydroxylation sites is 1. The number of hydrogen-bond donors (Lipinski definition) is 1. The third kappa shape index (κ3) is 10.9. The number of hydrogen-bond acceptors (Lipinski definition) is 8. The van der Waals surface area contributed by atoms with E-state index in [2.05, 4.69) is 35.1 Å². The number of aryl methyl sites for hydroxylation is 1. The van der Waals surface area contributed by atoms with Crippen LogP contribution in [0.3, 0.4) is 0 Å². The van der Waals surface area contributed by atoms with Crippen molar-refractivity contribution in [1.82, 2.24) is 29.7 Å². The van der Waals surface area contributed by atoms with Crippen molar-refractivity contribution in [1.29, 1.82) is 0 Å². The van der Waals surface area contributed by atoms with Crippen LogP contribution in [0.4, 0.5) is 0 Å².